The van der Waals surface area contributed by atoms with Crippen LogP contribution in [0.3, 0.4) is 0 Å². The van der Waals surface area contributed by atoms with Gasteiger partial charge in [0.25, 0.3) is 0 Å². The minimum absolute atomic E-state index is 1.09. The summed E-state index contributed by atoms with van der Waals surface area (Å²) in [6.45, 7) is 0. The van der Waals surface area contributed by atoms with Crippen molar-refractivity contribution in [1.82, 2.24) is 9.13 Å². The number of hydrogen-bond acceptors (Lipinski definition) is 6. The summed E-state index contributed by atoms with van der Waals surface area (Å²) >= 11 is 3.78. The topological polar surface area (TPSA) is 22.8 Å². The minimum Gasteiger partial charge on any atom is -0.311 e. The molecule has 0 N–H and O–H groups in total. The fourth-order valence-corrected chi connectivity index (χ4v) is 19.5. The Labute approximate surface area is 681 Å². The molecule has 0 unspecified atom stereocenters. The first kappa shape index (κ1) is 69.2. The van der Waals surface area contributed by atoms with Crippen molar-refractivity contribution in [3.05, 3.63) is 449 Å². The summed E-state index contributed by atoms with van der Waals surface area (Å²) in [6, 6.07) is 162. The lowest BCUT2D eigenvalue weighted by Gasteiger charge is -2.26. The van der Waals surface area contributed by atoms with Gasteiger partial charge < -0.3 is 28.7 Å². The van der Waals surface area contributed by atoms with Crippen LogP contribution < -0.4 is 19.6 Å². The van der Waals surface area contributed by atoms with Gasteiger partial charge in [0.2, 0.25) is 0 Å². The van der Waals surface area contributed by atoms with Crippen LogP contribution in [0.4, 0.5) is 68.2 Å². The number of anilines is 12. The maximum atomic E-state index is 2.46. The van der Waals surface area contributed by atoms with E-state index in [1.807, 2.05) is 22.7 Å². The van der Waals surface area contributed by atoms with Crippen LogP contribution in [-0.4, -0.2) is 9.13 Å². The highest BCUT2D eigenvalue weighted by molar-refractivity contribution is 7.27. The highest BCUT2D eigenvalue weighted by Gasteiger charge is 2.25. The quantitative estimate of drug-likeness (QED) is 0.0962. The molecule has 0 aliphatic carbocycles. The molecule has 0 bridgehead atoms. The molecule has 22 rings (SSSR count). The molecule has 8 heteroatoms. The van der Waals surface area contributed by atoms with Crippen LogP contribution in [0.5, 0.6) is 0 Å². The van der Waals surface area contributed by atoms with Gasteiger partial charge in [-0.25, -0.2) is 0 Å². The summed E-state index contributed by atoms with van der Waals surface area (Å²) < 4.78 is 10.1. The van der Waals surface area contributed by atoms with E-state index in [0.717, 1.165) is 79.6 Å². The first-order valence-electron chi connectivity index (χ1n) is 39.4. The van der Waals surface area contributed by atoms with Crippen LogP contribution in [0.25, 0.3) is 118 Å². The summed E-state index contributed by atoms with van der Waals surface area (Å²) in [6.07, 6.45) is 0. The maximum absolute atomic E-state index is 2.46. The van der Waals surface area contributed by atoms with Gasteiger partial charge in [0, 0.05) is 142 Å². The van der Waals surface area contributed by atoms with Gasteiger partial charge in [-0.1, -0.05) is 249 Å². The fraction of sp³-hybridized carbons (Fsp3) is 0. The molecule has 116 heavy (non-hydrogen) atoms. The van der Waals surface area contributed by atoms with E-state index in [4.69, 9.17) is 0 Å². The maximum Gasteiger partial charge on any atom is 0.0555 e. The van der Waals surface area contributed by atoms with Gasteiger partial charge >= 0.3 is 0 Å². The third kappa shape index (κ3) is 12.6. The molecular formula is C108H74N6S2. The molecule has 0 aliphatic rings. The number of hydrogen-bond donors (Lipinski definition) is 0. The van der Waals surface area contributed by atoms with Gasteiger partial charge in [-0.05, 0) is 222 Å². The average Bonchev–Trinajstić information content (AvgIpc) is 1.56. The van der Waals surface area contributed by atoms with Crippen molar-refractivity contribution in [3.63, 3.8) is 0 Å². The van der Waals surface area contributed by atoms with E-state index in [0.29, 0.717) is 0 Å². The third-order valence-electron chi connectivity index (χ3n) is 22.3. The van der Waals surface area contributed by atoms with E-state index in [1.165, 1.54) is 106 Å². The predicted molar refractivity (Wildman–Crippen MR) is 497 cm³/mol. The van der Waals surface area contributed by atoms with Crippen molar-refractivity contribution in [3.8, 4) is 33.6 Å². The van der Waals surface area contributed by atoms with Gasteiger partial charge in [-0.2, -0.15) is 0 Å². The lowest BCUT2D eigenvalue weighted by atomic mass is 10.0. The highest BCUT2D eigenvalue weighted by Crippen LogP contribution is 2.50. The zero-order chi connectivity index (χ0) is 76.8. The number of benzene rings is 18. The van der Waals surface area contributed by atoms with Crippen LogP contribution in [0.15, 0.2) is 449 Å². The Hall–Kier alpha value is -14.8. The second-order valence-corrected chi connectivity index (χ2v) is 31.3. The Morgan fingerprint density at radius 3 is 0.802 bits per heavy atom. The van der Waals surface area contributed by atoms with E-state index >= 15 is 0 Å². The monoisotopic (exact) mass is 1520 g/mol. The molecule has 4 aromatic heterocycles. The van der Waals surface area contributed by atoms with Gasteiger partial charge in [0.15, 0.2) is 0 Å². The summed E-state index contributed by atoms with van der Waals surface area (Å²) in [4.78, 5) is 9.40. The normalized spacial score (nSPS) is 11.4. The van der Waals surface area contributed by atoms with Crippen molar-refractivity contribution in [2.45, 2.75) is 0 Å². The van der Waals surface area contributed by atoms with Crippen LogP contribution in [0.2, 0.25) is 0 Å². The zero-order valence-corrected chi connectivity index (χ0v) is 64.9. The van der Waals surface area contributed by atoms with E-state index in [1.54, 1.807) is 0 Å². The van der Waals surface area contributed by atoms with Crippen molar-refractivity contribution < 1.29 is 0 Å². The van der Waals surface area contributed by atoms with E-state index in [-0.39, 0.29) is 0 Å². The smallest absolute Gasteiger partial charge is 0.0555 e. The van der Waals surface area contributed by atoms with Crippen LogP contribution in [0, 0.1) is 0 Å². The Balaban J connectivity index is 0.000000145. The molecule has 18 aromatic carbocycles. The lowest BCUT2D eigenvalue weighted by molar-refractivity contribution is 1.17. The first-order valence-corrected chi connectivity index (χ1v) is 41.0. The number of rotatable bonds is 16. The largest absolute Gasteiger partial charge is 0.311 e. The average molecular weight is 1520 g/mol. The summed E-state index contributed by atoms with van der Waals surface area (Å²) in [7, 11) is 0. The zero-order valence-electron chi connectivity index (χ0n) is 63.2. The molecule has 6 nitrogen and oxygen atoms in total. The predicted octanol–water partition coefficient (Wildman–Crippen LogP) is 31.5. The number of fused-ring (bicyclic) bond motifs is 14. The van der Waals surface area contributed by atoms with E-state index < -0.39 is 0 Å². The van der Waals surface area contributed by atoms with Crippen molar-refractivity contribution in [1.29, 1.82) is 0 Å². The van der Waals surface area contributed by atoms with Crippen molar-refractivity contribution >= 4 is 175 Å². The number of aromatic nitrogens is 2. The molecule has 22 aromatic rings. The van der Waals surface area contributed by atoms with Crippen LogP contribution in [-0.2, 0) is 0 Å². The molecule has 0 fully saturated rings. The van der Waals surface area contributed by atoms with Crippen molar-refractivity contribution in [2.24, 2.45) is 0 Å². The van der Waals surface area contributed by atoms with Gasteiger partial charge in [0.05, 0.1) is 22.1 Å². The summed E-state index contributed by atoms with van der Waals surface area (Å²) in [5.41, 5.74) is 25.1. The molecule has 4 heterocycles. The molecule has 0 saturated carbocycles. The molecule has 0 spiro atoms. The standard InChI is InChI=1S/2C54H37N3S/c1-5-16-38(17-6-1)39-28-30-43(31-29-39)56(42-22-11-4-12-23-42)44-24-15-25-45(36-44)57-50-34-32-46(55(40-18-7-2-8-19-40)41-20-9-3-10-21-41)37-49(50)53-51(57)35-33-48-47-26-13-14-27-52(47)58-54(48)53;1-5-15-38(16-6-1)39-25-27-43(28-26-39)56(42-21-11-4-12-22-42)46-33-35-50-49(37-46)53-51(36-34-48-47-23-13-14-24-52(47)58-54(48)53)57(50)45-31-29-44(30-32-45)55(40-17-7-2-8-18-40)41-19-9-3-10-20-41/h2*1-37H. The molecule has 0 atom stereocenters. The van der Waals surface area contributed by atoms with Crippen LogP contribution >= 0.6 is 22.7 Å². The molecule has 548 valence electrons. The van der Waals surface area contributed by atoms with Gasteiger partial charge in [-0.15, -0.1) is 22.7 Å². The van der Waals surface area contributed by atoms with Gasteiger partial charge in [0.1, 0.15) is 0 Å². The minimum atomic E-state index is 1.09. The Bertz CT molecular complexity index is 7200. The lowest BCUT2D eigenvalue weighted by Crippen LogP contribution is -2.10. The highest BCUT2D eigenvalue weighted by atomic mass is 32.1. The fourth-order valence-electron chi connectivity index (χ4n) is 17.0. The van der Waals surface area contributed by atoms with E-state index in [9.17, 15) is 0 Å². The molecule has 0 saturated heterocycles. The number of nitrogens with zero attached hydrogens (tertiary/aromatic N) is 6. The second-order valence-electron chi connectivity index (χ2n) is 29.2. The number of para-hydroxylation sites is 6. The molecule has 0 aliphatic heterocycles. The van der Waals surface area contributed by atoms with Crippen LogP contribution in [0.1, 0.15) is 0 Å². The molecule has 0 radical (unpaired) electrons. The summed E-state index contributed by atoms with van der Waals surface area (Å²) in [5.74, 6) is 0. The Morgan fingerprint density at radius 1 is 0.164 bits per heavy atom. The first-order chi connectivity index (χ1) is 57.6. The SMILES string of the molecule is c1ccc(-c2ccc(N(c3ccccc3)c3ccc4c(c3)c3c5sc6ccccc6c5ccc3n4-c3ccc(N(c4ccccc4)c4ccccc4)cc3)cc2)cc1.c1ccc(-c2ccc(N(c3ccccc3)c3cccc(-n4c5ccc(N(c6ccccc6)c6ccccc6)cc5c5c6sc7ccccc7c6ccc54)c3)cc2)cc1. The van der Waals surface area contributed by atoms with Crippen molar-refractivity contribution in [2.75, 3.05) is 19.6 Å². The third-order valence-corrected chi connectivity index (χ3v) is 24.7. The number of thiophene rings is 2. The Kier molecular flexibility index (Phi) is 17.9. The van der Waals surface area contributed by atoms with Gasteiger partial charge in [-0.3, -0.25) is 0 Å². The second kappa shape index (κ2) is 30.0. The summed E-state index contributed by atoms with van der Waals surface area (Å²) in [5, 5.41) is 10.2. The molecule has 0 amide bonds. The Morgan fingerprint density at radius 2 is 0.431 bits per heavy atom. The van der Waals surface area contributed by atoms with E-state index in [2.05, 4.69) is 478 Å². The molecular weight excluding hydrogens is 1450 g/mol.